The van der Waals surface area contributed by atoms with Crippen LogP contribution in [0.3, 0.4) is 0 Å². The van der Waals surface area contributed by atoms with Crippen LogP contribution in [0, 0.1) is 6.92 Å². The van der Waals surface area contributed by atoms with Gasteiger partial charge in [0.15, 0.2) is 5.11 Å². The highest BCUT2D eigenvalue weighted by Crippen LogP contribution is 2.27. The third-order valence-electron chi connectivity index (χ3n) is 5.29. The smallest absolute Gasteiger partial charge is 0.246 e. The first-order valence-electron chi connectivity index (χ1n) is 10.1. The molecule has 0 saturated carbocycles. The largest absolute Gasteiger partial charge is 0.467 e. The minimum absolute atomic E-state index is 0.0237. The van der Waals surface area contributed by atoms with Crippen molar-refractivity contribution >= 4 is 28.9 Å². The van der Waals surface area contributed by atoms with E-state index in [0.29, 0.717) is 24.7 Å². The quantitative estimate of drug-likeness (QED) is 0.611. The van der Waals surface area contributed by atoms with Gasteiger partial charge in [-0.25, -0.2) is 0 Å². The molecule has 6 heteroatoms. The molecule has 1 amide bonds. The number of nitrogens with one attached hydrogen (secondary N) is 1. The average molecular weight is 420 g/mol. The van der Waals surface area contributed by atoms with Gasteiger partial charge in [-0.1, -0.05) is 48.0 Å². The van der Waals surface area contributed by atoms with Crippen LogP contribution in [0.5, 0.6) is 0 Å². The van der Waals surface area contributed by atoms with Gasteiger partial charge in [-0.2, -0.15) is 0 Å². The zero-order valence-corrected chi connectivity index (χ0v) is 17.8. The molecule has 0 aliphatic carbocycles. The summed E-state index contributed by atoms with van der Waals surface area (Å²) < 4.78 is 5.51. The molecule has 5 nitrogen and oxygen atoms in total. The van der Waals surface area contributed by atoms with E-state index in [9.17, 15) is 4.79 Å². The molecule has 0 saturated heterocycles. The lowest BCUT2D eigenvalue weighted by Gasteiger charge is -2.26. The number of carbonyl (C=O) groups is 1. The van der Waals surface area contributed by atoms with Crippen LogP contribution in [-0.2, 0) is 24.3 Å². The zero-order chi connectivity index (χ0) is 20.9. The van der Waals surface area contributed by atoms with Crippen LogP contribution in [0.1, 0.15) is 22.5 Å². The number of para-hydroxylation sites is 1. The molecule has 1 aliphatic rings. The number of anilines is 1. The molecule has 0 atom stereocenters. The first-order chi connectivity index (χ1) is 14.6. The molecular weight excluding hydrogens is 394 g/mol. The molecule has 0 radical (unpaired) electrons. The molecule has 154 valence electrons. The number of hydrogen-bond acceptors (Lipinski definition) is 3. The molecule has 2 aromatic carbocycles. The van der Waals surface area contributed by atoms with Crippen molar-refractivity contribution < 1.29 is 9.21 Å². The summed E-state index contributed by atoms with van der Waals surface area (Å²) in [6.07, 6.45) is 2.55. The molecule has 30 heavy (non-hydrogen) atoms. The maximum absolute atomic E-state index is 12.8. The molecule has 0 bridgehead atoms. The Morgan fingerprint density at radius 2 is 1.90 bits per heavy atom. The minimum Gasteiger partial charge on any atom is -0.467 e. The van der Waals surface area contributed by atoms with E-state index < -0.39 is 0 Å². The van der Waals surface area contributed by atoms with Crippen molar-refractivity contribution in [3.8, 4) is 0 Å². The van der Waals surface area contributed by atoms with Crippen LogP contribution in [0.2, 0.25) is 0 Å². The Morgan fingerprint density at radius 1 is 1.10 bits per heavy atom. The Morgan fingerprint density at radius 3 is 2.67 bits per heavy atom. The molecule has 1 aromatic heterocycles. The van der Waals surface area contributed by atoms with Crippen molar-refractivity contribution in [1.29, 1.82) is 0 Å². The Balaban J connectivity index is 1.41. The van der Waals surface area contributed by atoms with Crippen LogP contribution >= 0.6 is 12.2 Å². The molecule has 1 aliphatic heterocycles. The molecule has 4 rings (SSSR count). The Kier molecular flexibility index (Phi) is 6.14. The molecule has 0 unspecified atom stereocenters. The SMILES string of the molecule is Cc1ccc(CN(Cc2ccco2)C(=S)NCC(=O)N2CCc3ccccc32)cc1. The second kappa shape index (κ2) is 9.13. The number of carbonyl (C=O) groups excluding carboxylic acids is 1. The number of nitrogens with zero attached hydrogens (tertiary/aromatic N) is 2. The van der Waals surface area contributed by atoms with Crippen molar-refractivity contribution in [3.05, 3.63) is 89.4 Å². The number of fused-ring (bicyclic) bond motifs is 1. The number of hydrogen-bond donors (Lipinski definition) is 1. The van der Waals surface area contributed by atoms with Crippen molar-refractivity contribution in [2.75, 3.05) is 18.0 Å². The van der Waals surface area contributed by atoms with Gasteiger partial charge in [0.2, 0.25) is 5.91 Å². The van der Waals surface area contributed by atoms with Crippen LogP contribution in [-0.4, -0.2) is 29.0 Å². The third-order valence-corrected chi connectivity index (χ3v) is 5.69. The number of benzene rings is 2. The van der Waals surface area contributed by atoms with Gasteiger partial charge in [0.1, 0.15) is 5.76 Å². The lowest BCUT2D eigenvalue weighted by atomic mass is 10.1. The number of thiocarbonyl (C=S) groups is 1. The number of rotatable bonds is 6. The van der Waals surface area contributed by atoms with E-state index in [0.717, 1.165) is 23.4 Å². The van der Waals surface area contributed by atoms with E-state index in [4.69, 9.17) is 16.6 Å². The van der Waals surface area contributed by atoms with Crippen LogP contribution in [0.25, 0.3) is 0 Å². The predicted octanol–water partition coefficient (Wildman–Crippen LogP) is 4.05. The third kappa shape index (κ3) is 4.71. The summed E-state index contributed by atoms with van der Waals surface area (Å²) in [6, 6.07) is 20.2. The molecule has 0 spiro atoms. The topological polar surface area (TPSA) is 48.7 Å². The second-order valence-electron chi connectivity index (χ2n) is 7.50. The number of furan rings is 1. The van der Waals surface area contributed by atoms with Crippen LogP contribution < -0.4 is 10.2 Å². The van der Waals surface area contributed by atoms with Gasteiger partial charge in [0, 0.05) is 18.8 Å². The van der Waals surface area contributed by atoms with Gasteiger partial charge < -0.3 is 19.5 Å². The summed E-state index contributed by atoms with van der Waals surface area (Å²) in [6.45, 7) is 4.11. The van der Waals surface area contributed by atoms with Crippen LogP contribution in [0.4, 0.5) is 5.69 Å². The fourth-order valence-electron chi connectivity index (χ4n) is 3.66. The van der Waals surface area contributed by atoms with Gasteiger partial charge in [-0.05, 0) is 54.9 Å². The number of amides is 1. The molecule has 2 heterocycles. The summed E-state index contributed by atoms with van der Waals surface area (Å²) in [4.78, 5) is 16.7. The van der Waals surface area contributed by atoms with Gasteiger partial charge >= 0.3 is 0 Å². The monoisotopic (exact) mass is 419 g/mol. The van der Waals surface area contributed by atoms with Crippen molar-refractivity contribution in [2.45, 2.75) is 26.4 Å². The van der Waals surface area contributed by atoms with E-state index in [1.165, 1.54) is 11.1 Å². The highest BCUT2D eigenvalue weighted by molar-refractivity contribution is 7.80. The standard InChI is InChI=1S/C24H25N3O2S/c1-18-8-10-19(11-9-18)16-26(17-21-6-4-14-29-21)24(30)25-15-23(28)27-13-12-20-5-2-3-7-22(20)27/h2-11,14H,12-13,15-17H2,1H3,(H,25,30). The van der Waals surface area contributed by atoms with Gasteiger partial charge in [-0.15, -0.1) is 0 Å². The normalized spacial score (nSPS) is 12.5. The predicted molar refractivity (Wildman–Crippen MR) is 122 cm³/mol. The summed E-state index contributed by atoms with van der Waals surface area (Å²) in [5, 5.41) is 3.69. The van der Waals surface area contributed by atoms with Crippen molar-refractivity contribution in [3.63, 3.8) is 0 Å². The summed E-state index contributed by atoms with van der Waals surface area (Å²) in [5.74, 6) is 0.849. The first-order valence-corrected chi connectivity index (χ1v) is 10.5. The minimum atomic E-state index is 0.0237. The van der Waals surface area contributed by atoms with Crippen LogP contribution in [0.15, 0.2) is 71.3 Å². The molecule has 0 fully saturated rings. The van der Waals surface area contributed by atoms with Gasteiger partial charge in [0.25, 0.3) is 0 Å². The second-order valence-corrected chi connectivity index (χ2v) is 7.89. The fourth-order valence-corrected chi connectivity index (χ4v) is 3.86. The van der Waals surface area contributed by atoms with E-state index in [2.05, 4.69) is 42.6 Å². The van der Waals surface area contributed by atoms with E-state index in [-0.39, 0.29) is 12.5 Å². The molecular formula is C24H25N3O2S. The Bertz CT molecular complexity index is 1020. The highest BCUT2D eigenvalue weighted by Gasteiger charge is 2.24. The maximum Gasteiger partial charge on any atom is 0.246 e. The van der Waals surface area contributed by atoms with Gasteiger partial charge in [0.05, 0.1) is 19.4 Å². The van der Waals surface area contributed by atoms with Gasteiger partial charge in [-0.3, -0.25) is 4.79 Å². The zero-order valence-electron chi connectivity index (χ0n) is 17.0. The van der Waals surface area contributed by atoms with Crippen molar-refractivity contribution in [2.24, 2.45) is 0 Å². The highest BCUT2D eigenvalue weighted by atomic mass is 32.1. The van der Waals surface area contributed by atoms with E-state index in [1.807, 2.05) is 40.1 Å². The average Bonchev–Trinajstić information content (AvgIpc) is 3.42. The van der Waals surface area contributed by atoms with E-state index >= 15 is 0 Å². The fraction of sp³-hybridized carbons (Fsp3) is 0.250. The summed E-state index contributed by atoms with van der Waals surface area (Å²) in [5.41, 5.74) is 4.58. The molecule has 1 N–H and O–H groups in total. The lowest BCUT2D eigenvalue weighted by Crippen LogP contribution is -2.44. The Labute approximate surface area is 182 Å². The first kappa shape index (κ1) is 20.2. The molecule has 3 aromatic rings. The Hall–Kier alpha value is -3.12. The number of aryl methyl sites for hydroxylation is 1. The maximum atomic E-state index is 12.8. The van der Waals surface area contributed by atoms with E-state index in [1.54, 1.807) is 6.26 Å². The summed E-state index contributed by atoms with van der Waals surface area (Å²) >= 11 is 5.65. The lowest BCUT2D eigenvalue weighted by molar-refractivity contribution is -0.117. The van der Waals surface area contributed by atoms with Crippen molar-refractivity contribution in [1.82, 2.24) is 10.2 Å². The summed E-state index contributed by atoms with van der Waals surface area (Å²) in [7, 11) is 0.